The van der Waals surface area contributed by atoms with Crippen molar-refractivity contribution in [1.29, 1.82) is 0 Å². The predicted octanol–water partition coefficient (Wildman–Crippen LogP) is 3.39. The van der Waals surface area contributed by atoms with Gasteiger partial charge in [0.05, 0.1) is 17.8 Å². The Bertz CT molecular complexity index is 908. The van der Waals surface area contributed by atoms with Crippen LogP contribution in [0.5, 0.6) is 0 Å². The number of fused-ring (bicyclic) bond motifs is 2. The van der Waals surface area contributed by atoms with Crippen LogP contribution in [0.15, 0.2) is 36.5 Å². The number of anilines is 1. The summed E-state index contributed by atoms with van der Waals surface area (Å²) in [6.45, 7) is 4.19. The average Bonchev–Trinajstić information content (AvgIpc) is 3.05. The third-order valence-corrected chi connectivity index (χ3v) is 4.20. The largest absolute Gasteiger partial charge is 0.324 e. The van der Waals surface area contributed by atoms with Gasteiger partial charge in [0.1, 0.15) is 5.65 Å². The maximum absolute atomic E-state index is 11.7. The Morgan fingerprint density at radius 2 is 2.18 bits per heavy atom. The molecule has 0 saturated carbocycles. The molecule has 0 saturated heterocycles. The lowest BCUT2D eigenvalue weighted by Crippen LogP contribution is -2.07. The summed E-state index contributed by atoms with van der Waals surface area (Å²) in [5.74, 6) is 0.0563. The van der Waals surface area contributed by atoms with Gasteiger partial charge < -0.3 is 5.32 Å². The Labute approximate surface area is 128 Å². The second kappa shape index (κ2) is 4.70. The molecule has 0 radical (unpaired) electrons. The molecule has 0 unspecified atom stereocenters. The second-order valence-corrected chi connectivity index (χ2v) is 5.79. The molecule has 4 nitrogen and oxygen atoms in total. The van der Waals surface area contributed by atoms with Crippen LogP contribution in [-0.4, -0.2) is 15.5 Å². The molecule has 0 bridgehead atoms. The highest BCUT2D eigenvalue weighted by Crippen LogP contribution is 2.33. The lowest BCUT2D eigenvalue weighted by atomic mass is 10.1. The van der Waals surface area contributed by atoms with Crippen LogP contribution >= 0.6 is 0 Å². The quantitative estimate of drug-likeness (QED) is 0.786. The van der Waals surface area contributed by atoms with Crippen LogP contribution in [0.2, 0.25) is 0 Å². The van der Waals surface area contributed by atoms with Crippen molar-refractivity contribution in [2.45, 2.75) is 26.7 Å². The van der Waals surface area contributed by atoms with E-state index in [1.807, 2.05) is 24.4 Å². The SMILES string of the molecule is CCc1cc2cc(C)cnc2n1-c1cccc2c1NC(=O)C2. The summed E-state index contributed by atoms with van der Waals surface area (Å²) in [7, 11) is 0. The van der Waals surface area contributed by atoms with Gasteiger partial charge in [-0.15, -0.1) is 0 Å². The number of pyridine rings is 1. The Morgan fingerprint density at radius 3 is 3.00 bits per heavy atom. The van der Waals surface area contributed by atoms with Crippen LogP contribution in [0.4, 0.5) is 5.69 Å². The zero-order valence-corrected chi connectivity index (χ0v) is 12.7. The maximum atomic E-state index is 11.7. The summed E-state index contributed by atoms with van der Waals surface area (Å²) in [5.41, 5.74) is 6.27. The molecular formula is C18H17N3O. The van der Waals surface area contributed by atoms with E-state index in [1.54, 1.807) is 0 Å². The van der Waals surface area contributed by atoms with Crippen molar-refractivity contribution in [3.63, 3.8) is 0 Å². The Morgan fingerprint density at radius 1 is 1.32 bits per heavy atom. The lowest BCUT2D eigenvalue weighted by Gasteiger charge is -2.13. The van der Waals surface area contributed by atoms with Crippen molar-refractivity contribution in [1.82, 2.24) is 9.55 Å². The predicted molar refractivity (Wildman–Crippen MR) is 87.5 cm³/mol. The number of nitrogens with zero attached hydrogens (tertiary/aromatic N) is 2. The second-order valence-electron chi connectivity index (χ2n) is 5.79. The smallest absolute Gasteiger partial charge is 0.228 e. The zero-order chi connectivity index (χ0) is 15.3. The first-order valence-corrected chi connectivity index (χ1v) is 7.56. The van der Waals surface area contributed by atoms with Gasteiger partial charge in [0.25, 0.3) is 0 Å². The molecule has 22 heavy (non-hydrogen) atoms. The number of nitrogens with one attached hydrogen (secondary N) is 1. The Balaban J connectivity index is 2.03. The maximum Gasteiger partial charge on any atom is 0.228 e. The lowest BCUT2D eigenvalue weighted by molar-refractivity contribution is -0.115. The van der Waals surface area contributed by atoms with E-state index in [0.717, 1.165) is 40.0 Å². The highest BCUT2D eigenvalue weighted by atomic mass is 16.1. The molecular weight excluding hydrogens is 274 g/mol. The minimum Gasteiger partial charge on any atom is -0.324 e. The highest BCUT2D eigenvalue weighted by molar-refractivity contribution is 6.02. The summed E-state index contributed by atoms with van der Waals surface area (Å²) >= 11 is 0. The zero-order valence-electron chi connectivity index (χ0n) is 12.7. The van der Waals surface area contributed by atoms with Gasteiger partial charge in [-0.3, -0.25) is 9.36 Å². The molecule has 1 aliphatic heterocycles. The van der Waals surface area contributed by atoms with Crippen LogP contribution < -0.4 is 5.32 Å². The third kappa shape index (κ3) is 1.84. The minimum atomic E-state index is 0.0563. The summed E-state index contributed by atoms with van der Waals surface area (Å²) in [4.78, 5) is 16.4. The first-order chi connectivity index (χ1) is 10.7. The monoisotopic (exact) mass is 291 g/mol. The summed E-state index contributed by atoms with van der Waals surface area (Å²) in [5, 5.41) is 4.13. The average molecular weight is 291 g/mol. The van der Waals surface area contributed by atoms with Crippen molar-refractivity contribution in [3.8, 4) is 5.69 Å². The number of para-hydroxylation sites is 1. The van der Waals surface area contributed by atoms with E-state index in [1.165, 1.54) is 5.69 Å². The van der Waals surface area contributed by atoms with Crippen molar-refractivity contribution < 1.29 is 4.79 Å². The van der Waals surface area contributed by atoms with Crippen LogP contribution in [0.3, 0.4) is 0 Å². The molecule has 4 heteroatoms. The van der Waals surface area contributed by atoms with Crippen molar-refractivity contribution in [2.24, 2.45) is 0 Å². The van der Waals surface area contributed by atoms with Gasteiger partial charge in [0, 0.05) is 17.3 Å². The molecule has 110 valence electrons. The third-order valence-electron chi connectivity index (χ3n) is 4.20. The molecule has 0 atom stereocenters. The van der Waals surface area contributed by atoms with Crippen molar-refractivity contribution in [2.75, 3.05) is 5.32 Å². The first kappa shape index (κ1) is 13.1. The molecule has 1 aliphatic rings. The van der Waals surface area contributed by atoms with Gasteiger partial charge >= 0.3 is 0 Å². The molecule has 0 spiro atoms. The molecule has 0 aliphatic carbocycles. The number of carbonyl (C=O) groups excluding carboxylic acids is 1. The van der Waals surface area contributed by atoms with Crippen LogP contribution in [0.25, 0.3) is 16.7 Å². The van der Waals surface area contributed by atoms with E-state index < -0.39 is 0 Å². The minimum absolute atomic E-state index is 0.0563. The van der Waals surface area contributed by atoms with Crippen LogP contribution in [0.1, 0.15) is 23.7 Å². The van der Waals surface area contributed by atoms with E-state index in [2.05, 4.69) is 40.8 Å². The summed E-state index contributed by atoms with van der Waals surface area (Å²) in [6, 6.07) is 10.4. The van der Waals surface area contributed by atoms with E-state index in [0.29, 0.717) is 6.42 Å². The molecule has 1 amide bonds. The summed E-state index contributed by atoms with van der Waals surface area (Å²) in [6.07, 6.45) is 3.25. The fourth-order valence-electron chi connectivity index (χ4n) is 3.21. The molecule has 1 N–H and O–H groups in total. The van der Waals surface area contributed by atoms with Gasteiger partial charge in [0.2, 0.25) is 5.91 Å². The molecule has 2 aromatic heterocycles. The van der Waals surface area contributed by atoms with Crippen molar-refractivity contribution in [3.05, 3.63) is 53.3 Å². The first-order valence-electron chi connectivity index (χ1n) is 7.56. The number of carbonyl (C=O) groups is 1. The van der Waals surface area contributed by atoms with Crippen LogP contribution in [0, 0.1) is 6.92 Å². The standard InChI is InChI=1S/C18H17N3O/c1-3-14-8-13-7-11(2)10-19-18(13)21(14)15-6-4-5-12-9-16(22)20-17(12)15/h4-8,10H,3,9H2,1-2H3,(H,20,22). The number of aryl methyl sites for hydroxylation is 2. The number of hydrogen-bond donors (Lipinski definition) is 1. The van der Waals surface area contributed by atoms with E-state index in [9.17, 15) is 4.79 Å². The molecule has 1 aromatic carbocycles. The molecule has 3 aromatic rings. The Kier molecular flexibility index (Phi) is 2.79. The number of benzene rings is 1. The van der Waals surface area contributed by atoms with Gasteiger partial charge in [-0.05, 0) is 42.7 Å². The number of amides is 1. The number of aromatic nitrogens is 2. The molecule has 4 rings (SSSR count). The molecule has 0 fully saturated rings. The van der Waals surface area contributed by atoms with E-state index >= 15 is 0 Å². The highest BCUT2D eigenvalue weighted by Gasteiger charge is 2.23. The van der Waals surface area contributed by atoms with Crippen LogP contribution in [-0.2, 0) is 17.6 Å². The fourth-order valence-corrected chi connectivity index (χ4v) is 3.21. The Hall–Kier alpha value is -2.62. The summed E-state index contributed by atoms with van der Waals surface area (Å²) < 4.78 is 2.17. The van der Waals surface area contributed by atoms with Gasteiger partial charge in [-0.1, -0.05) is 19.1 Å². The van der Waals surface area contributed by atoms with Crippen molar-refractivity contribution >= 4 is 22.6 Å². The van der Waals surface area contributed by atoms with Gasteiger partial charge in [0.15, 0.2) is 0 Å². The van der Waals surface area contributed by atoms with E-state index in [-0.39, 0.29) is 5.91 Å². The fraction of sp³-hybridized carbons (Fsp3) is 0.222. The topological polar surface area (TPSA) is 46.9 Å². The van der Waals surface area contributed by atoms with Gasteiger partial charge in [-0.25, -0.2) is 4.98 Å². The number of hydrogen-bond acceptors (Lipinski definition) is 2. The number of rotatable bonds is 2. The van der Waals surface area contributed by atoms with E-state index in [4.69, 9.17) is 0 Å². The van der Waals surface area contributed by atoms with Gasteiger partial charge in [-0.2, -0.15) is 0 Å². The molecule has 3 heterocycles. The normalized spacial score (nSPS) is 13.5.